The van der Waals surface area contributed by atoms with Crippen molar-refractivity contribution >= 4 is 5.78 Å². The number of rotatable bonds is 0. The second-order valence-electron chi connectivity index (χ2n) is 4.56. The lowest BCUT2D eigenvalue weighted by molar-refractivity contribution is -0.202. The molecular formula is C10H16O2. The van der Waals surface area contributed by atoms with Crippen molar-refractivity contribution < 1.29 is 9.53 Å². The SMILES string of the molecule is CC12CCCC(C)(O1)C(=O)CC2. The molecule has 2 unspecified atom stereocenters. The minimum atomic E-state index is -0.439. The standard InChI is InChI=1S/C10H16O2/c1-9-5-3-6-10(2,12-9)8(11)4-7-9/h3-7H2,1-2H3. The summed E-state index contributed by atoms with van der Waals surface area (Å²) in [6.45, 7) is 4.09. The summed E-state index contributed by atoms with van der Waals surface area (Å²) in [5, 5.41) is 0. The molecule has 2 aliphatic heterocycles. The number of carbonyl (C=O) groups is 1. The van der Waals surface area contributed by atoms with Crippen LogP contribution in [0, 0.1) is 0 Å². The van der Waals surface area contributed by atoms with E-state index in [4.69, 9.17) is 4.74 Å². The zero-order valence-electron chi connectivity index (χ0n) is 7.85. The van der Waals surface area contributed by atoms with E-state index in [1.807, 2.05) is 6.92 Å². The van der Waals surface area contributed by atoms with Crippen LogP contribution in [0.5, 0.6) is 0 Å². The fourth-order valence-electron chi connectivity index (χ4n) is 2.46. The molecule has 2 atom stereocenters. The molecule has 0 aromatic heterocycles. The van der Waals surface area contributed by atoms with Crippen LogP contribution in [0.4, 0.5) is 0 Å². The van der Waals surface area contributed by atoms with E-state index in [-0.39, 0.29) is 5.60 Å². The summed E-state index contributed by atoms with van der Waals surface area (Å²) in [5.41, 5.74) is -0.438. The molecule has 2 saturated heterocycles. The molecule has 2 nitrogen and oxygen atoms in total. The molecule has 0 aromatic rings. The second kappa shape index (κ2) is 2.32. The van der Waals surface area contributed by atoms with Crippen LogP contribution < -0.4 is 0 Å². The smallest absolute Gasteiger partial charge is 0.164 e. The molecule has 2 fully saturated rings. The van der Waals surface area contributed by atoms with Gasteiger partial charge in [-0.2, -0.15) is 0 Å². The Labute approximate surface area is 73.3 Å². The Morgan fingerprint density at radius 3 is 2.67 bits per heavy atom. The number of carbonyl (C=O) groups excluding carboxylic acids is 1. The first kappa shape index (κ1) is 8.24. The highest BCUT2D eigenvalue weighted by molar-refractivity contribution is 5.87. The predicted molar refractivity (Wildman–Crippen MR) is 46.0 cm³/mol. The van der Waals surface area contributed by atoms with Crippen LogP contribution >= 0.6 is 0 Å². The van der Waals surface area contributed by atoms with Crippen molar-refractivity contribution in [3.8, 4) is 0 Å². The van der Waals surface area contributed by atoms with Crippen molar-refractivity contribution in [3.05, 3.63) is 0 Å². The normalized spacial score (nSPS) is 47.7. The molecule has 12 heavy (non-hydrogen) atoms. The Hall–Kier alpha value is -0.370. The number of fused-ring (bicyclic) bond motifs is 2. The maximum Gasteiger partial charge on any atom is 0.164 e. The highest BCUT2D eigenvalue weighted by atomic mass is 16.5. The minimum absolute atomic E-state index is 0.000903. The summed E-state index contributed by atoms with van der Waals surface area (Å²) < 4.78 is 5.86. The van der Waals surface area contributed by atoms with Gasteiger partial charge < -0.3 is 4.74 Å². The predicted octanol–water partition coefficient (Wildman–Crippen LogP) is 2.07. The van der Waals surface area contributed by atoms with Crippen molar-refractivity contribution in [2.45, 2.75) is 57.2 Å². The number of hydrogen-bond acceptors (Lipinski definition) is 2. The maximum atomic E-state index is 11.5. The van der Waals surface area contributed by atoms with E-state index in [9.17, 15) is 4.79 Å². The number of hydrogen-bond donors (Lipinski definition) is 0. The van der Waals surface area contributed by atoms with Crippen LogP contribution in [-0.2, 0) is 9.53 Å². The van der Waals surface area contributed by atoms with E-state index < -0.39 is 5.60 Å². The molecule has 0 aromatic carbocycles. The molecule has 2 bridgehead atoms. The van der Waals surface area contributed by atoms with Crippen molar-refractivity contribution in [2.24, 2.45) is 0 Å². The summed E-state index contributed by atoms with van der Waals surface area (Å²) in [4.78, 5) is 11.5. The fraction of sp³-hybridized carbons (Fsp3) is 0.900. The van der Waals surface area contributed by atoms with Crippen LogP contribution in [-0.4, -0.2) is 17.0 Å². The maximum absolute atomic E-state index is 11.5. The minimum Gasteiger partial charge on any atom is -0.361 e. The van der Waals surface area contributed by atoms with Gasteiger partial charge >= 0.3 is 0 Å². The summed E-state index contributed by atoms with van der Waals surface area (Å²) in [6.07, 6.45) is 4.81. The van der Waals surface area contributed by atoms with E-state index in [0.717, 1.165) is 25.7 Å². The summed E-state index contributed by atoms with van der Waals surface area (Å²) in [7, 11) is 0. The van der Waals surface area contributed by atoms with Gasteiger partial charge in [-0.15, -0.1) is 0 Å². The second-order valence-corrected chi connectivity index (χ2v) is 4.56. The molecule has 68 valence electrons. The quantitative estimate of drug-likeness (QED) is 0.553. The van der Waals surface area contributed by atoms with Gasteiger partial charge in [0, 0.05) is 6.42 Å². The Balaban J connectivity index is 2.26. The van der Waals surface area contributed by atoms with Gasteiger partial charge in [0.15, 0.2) is 5.78 Å². The number of ketones is 1. The van der Waals surface area contributed by atoms with Gasteiger partial charge in [-0.1, -0.05) is 0 Å². The van der Waals surface area contributed by atoms with Gasteiger partial charge in [0.1, 0.15) is 5.60 Å². The highest BCUT2D eigenvalue weighted by Gasteiger charge is 2.48. The lowest BCUT2D eigenvalue weighted by Crippen LogP contribution is -2.54. The molecule has 2 aliphatic rings. The molecule has 0 aliphatic carbocycles. The molecule has 0 saturated carbocycles. The van der Waals surface area contributed by atoms with Crippen LogP contribution in [0.2, 0.25) is 0 Å². The van der Waals surface area contributed by atoms with E-state index in [1.54, 1.807) is 0 Å². The molecular weight excluding hydrogens is 152 g/mol. The lowest BCUT2D eigenvalue weighted by atomic mass is 9.76. The molecule has 0 radical (unpaired) electrons. The third-order valence-corrected chi connectivity index (χ3v) is 3.30. The lowest BCUT2D eigenvalue weighted by Gasteiger charge is -2.48. The third-order valence-electron chi connectivity index (χ3n) is 3.30. The van der Waals surface area contributed by atoms with Crippen LogP contribution in [0.25, 0.3) is 0 Å². The van der Waals surface area contributed by atoms with Gasteiger partial charge in [0.25, 0.3) is 0 Å². The van der Waals surface area contributed by atoms with Crippen LogP contribution in [0.3, 0.4) is 0 Å². The third kappa shape index (κ3) is 1.09. The number of Topliss-reactive ketones (excluding diaryl/α,β-unsaturated/α-hetero) is 1. The molecule has 2 heterocycles. The van der Waals surface area contributed by atoms with Gasteiger partial charge in [-0.3, -0.25) is 4.79 Å². The Morgan fingerprint density at radius 1 is 1.25 bits per heavy atom. The van der Waals surface area contributed by atoms with Crippen molar-refractivity contribution in [1.82, 2.24) is 0 Å². The van der Waals surface area contributed by atoms with Crippen molar-refractivity contribution in [3.63, 3.8) is 0 Å². The average molecular weight is 168 g/mol. The molecule has 2 rings (SSSR count). The zero-order valence-corrected chi connectivity index (χ0v) is 7.85. The first-order chi connectivity index (χ1) is 5.54. The van der Waals surface area contributed by atoms with Crippen molar-refractivity contribution in [2.75, 3.05) is 0 Å². The molecule has 2 heteroatoms. The Bertz CT molecular complexity index is 224. The van der Waals surface area contributed by atoms with E-state index >= 15 is 0 Å². The van der Waals surface area contributed by atoms with E-state index in [1.165, 1.54) is 0 Å². The Morgan fingerprint density at radius 2 is 2.00 bits per heavy atom. The highest BCUT2D eigenvalue weighted by Crippen LogP contribution is 2.43. The monoisotopic (exact) mass is 168 g/mol. The molecule has 0 amide bonds. The zero-order chi connectivity index (χ0) is 8.82. The van der Waals surface area contributed by atoms with E-state index in [2.05, 4.69) is 6.92 Å². The Kier molecular flexibility index (Phi) is 1.59. The van der Waals surface area contributed by atoms with E-state index in [0.29, 0.717) is 12.2 Å². The van der Waals surface area contributed by atoms with Crippen LogP contribution in [0.1, 0.15) is 46.0 Å². The first-order valence-electron chi connectivity index (χ1n) is 4.78. The van der Waals surface area contributed by atoms with Gasteiger partial charge in [-0.25, -0.2) is 0 Å². The number of ether oxygens (including phenoxy) is 1. The summed E-state index contributed by atoms with van der Waals surface area (Å²) in [5.74, 6) is 0.305. The van der Waals surface area contributed by atoms with Crippen LogP contribution in [0.15, 0.2) is 0 Å². The molecule has 0 spiro atoms. The largest absolute Gasteiger partial charge is 0.361 e. The van der Waals surface area contributed by atoms with Crippen molar-refractivity contribution in [1.29, 1.82) is 0 Å². The fourth-order valence-corrected chi connectivity index (χ4v) is 2.46. The summed E-state index contributed by atoms with van der Waals surface area (Å²) >= 11 is 0. The van der Waals surface area contributed by atoms with Gasteiger partial charge in [0.2, 0.25) is 0 Å². The van der Waals surface area contributed by atoms with Gasteiger partial charge in [0.05, 0.1) is 5.60 Å². The average Bonchev–Trinajstić information content (AvgIpc) is 1.98. The van der Waals surface area contributed by atoms with Gasteiger partial charge in [-0.05, 0) is 39.5 Å². The topological polar surface area (TPSA) is 26.3 Å². The summed E-state index contributed by atoms with van der Waals surface area (Å²) in [6, 6.07) is 0. The molecule has 0 N–H and O–H groups in total. The first-order valence-corrected chi connectivity index (χ1v) is 4.78.